The lowest BCUT2D eigenvalue weighted by atomic mass is 9.97. The van der Waals surface area contributed by atoms with Crippen molar-refractivity contribution in [1.82, 2.24) is 20.0 Å². The summed E-state index contributed by atoms with van der Waals surface area (Å²) in [6, 6.07) is 3.30. The SMILES string of the molecule is CNc1ccc(C(=O)N2CCN(C)C(=O)C2(C)C)nn1. The molecule has 1 aromatic heterocycles. The van der Waals surface area contributed by atoms with Gasteiger partial charge in [-0.3, -0.25) is 9.59 Å². The molecule has 7 nitrogen and oxygen atoms in total. The van der Waals surface area contributed by atoms with E-state index in [9.17, 15) is 9.59 Å². The van der Waals surface area contributed by atoms with Crippen LogP contribution in [0.15, 0.2) is 12.1 Å². The van der Waals surface area contributed by atoms with E-state index < -0.39 is 5.54 Å². The van der Waals surface area contributed by atoms with Crippen LogP contribution in [0.1, 0.15) is 24.3 Å². The maximum absolute atomic E-state index is 12.5. The van der Waals surface area contributed by atoms with Gasteiger partial charge in [0.1, 0.15) is 11.4 Å². The molecule has 0 unspecified atom stereocenters. The summed E-state index contributed by atoms with van der Waals surface area (Å²) in [5.74, 6) is 0.249. The van der Waals surface area contributed by atoms with Crippen LogP contribution < -0.4 is 5.32 Å². The number of carbonyl (C=O) groups excluding carboxylic acids is 2. The second kappa shape index (κ2) is 5.07. The molecule has 20 heavy (non-hydrogen) atoms. The van der Waals surface area contributed by atoms with Crippen molar-refractivity contribution in [3.8, 4) is 0 Å². The molecule has 1 aromatic rings. The monoisotopic (exact) mass is 277 g/mol. The van der Waals surface area contributed by atoms with E-state index in [4.69, 9.17) is 0 Å². The average molecular weight is 277 g/mol. The first-order valence-electron chi connectivity index (χ1n) is 6.47. The fourth-order valence-corrected chi connectivity index (χ4v) is 2.29. The van der Waals surface area contributed by atoms with Crippen molar-refractivity contribution in [2.45, 2.75) is 19.4 Å². The Balaban J connectivity index is 2.25. The Kier molecular flexibility index (Phi) is 3.61. The molecule has 7 heteroatoms. The molecule has 2 amide bonds. The van der Waals surface area contributed by atoms with E-state index in [1.165, 1.54) is 0 Å². The minimum Gasteiger partial charge on any atom is -0.372 e. The highest BCUT2D eigenvalue weighted by atomic mass is 16.2. The molecule has 0 radical (unpaired) electrons. The minimum absolute atomic E-state index is 0.0723. The Morgan fingerprint density at radius 3 is 2.55 bits per heavy atom. The Labute approximate surface area is 118 Å². The average Bonchev–Trinajstić information content (AvgIpc) is 2.44. The standard InChI is InChI=1S/C13H19N5O2/c1-13(2)12(20)17(4)7-8-18(13)11(19)9-5-6-10(14-3)16-15-9/h5-6H,7-8H2,1-4H3,(H,14,16). The molecule has 0 bridgehead atoms. The molecule has 0 aromatic carbocycles. The van der Waals surface area contributed by atoms with Crippen LogP contribution in [-0.4, -0.2) is 64.5 Å². The molecule has 0 aliphatic carbocycles. The zero-order chi connectivity index (χ0) is 14.9. The Morgan fingerprint density at radius 1 is 1.30 bits per heavy atom. The van der Waals surface area contributed by atoms with E-state index in [-0.39, 0.29) is 17.5 Å². The van der Waals surface area contributed by atoms with E-state index in [1.54, 1.807) is 49.9 Å². The molecular formula is C13H19N5O2. The van der Waals surface area contributed by atoms with Crippen molar-refractivity contribution in [2.24, 2.45) is 0 Å². The van der Waals surface area contributed by atoms with Crippen molar-refractivity contribution >= 4 is 17.6 Å². The summed E-state index contributed by atoms with van der Waals surface area (Å²) in [5, 5.41) is 10.6. The van der Waals surface area contributed by atoms with Crippen LogP contribution in [-0.2, 0) is 4.79 Å². The van der Waals surface area contributed by atoms with Crippen LogP contribution in [0.2, 0.25) is 0 Å². The number of hydrogen-bond donors (Lipinski definition) is 1. The van der Waals surface area contributed by atoms with Gasteiger partial charge in [-0.2, -0.15) is 0 Å². The van der Waals surface area contributed by atoms with Gasteiger partial charge in [0.25, 0.3) is 5.91 Å². The Hall–Kier alpha value is -2.18. The molecule has 1 fully saturated rings. The predicted molar refractivity (Wildman–Crippen MR) is 74.3 cm³/mol. The lowest BCUT2D eigenvalue weighted by Crippen LogP contribution is -2.63. The van der Waals surface area contributed by atoms with Gasteiger partial charge in [0, 0.05) is 27.2 Å². The highest BCUT2D eigenvalue weighted by Gasteiger charge is 2.43. The smallest absolute Gasteiger partial charge is 0.275 e. The van der Waals surface area contributed by atoms with Crippen LogP contribution in [0, 0.1) is 0 Å². The van der Waals surface area contributed by atoms with Crippen LogP contribution >= 0.6 is 0 Å². The number of amides is 2. The maximum Gasteiger partial charge on any atom is 0.275 e. The van der Waals surface area contributed by atoms with Crippen LogP contribution in [0.25, 0.3) is 0 Å². The van der Waals surface area contributed by atoms with E-state index in [1.807, 2.05) is 0 Å². The first kappa shape index (κ1) is 14.2. The van der Waals surface area contributed by atoms with Gasteiger partial charge in [-0.25, -0.2) is 0 Å². The molecule has 1 saturated heterocycles. The van der Waals surface area contributed by atoms with Crippen molar-refractivity contribution in [3.63, 3.8) is 0 Å². The number of carbonyl (C=O) groups is 2. The summed E-state index contributed by atoms with van der Waals surface area (Å²) in [6.07, 6.45) is 0. The molecule has 2 heterocycles. The van der Waals surface area contributed by atoms with E-state index in [0.29, 0.717) is 18.9 Å². The lowest BCUT2D eigenvalue weighted by Gasteiger charge is -2.44. The summed E-state index contributed by atoms with van der Waals surface area (Å²) >= 11 is 0. The Bertz CT molecular complexity index is 526. The van der Waals surface area contributed by atoms with Gasteiger partial charge in [-0.15, -0.1) is 10.2 Å². The summed E-state index contributed by atoms with van der Waals surface area (Å²) in [7, 11) is 3.47. The molecule has 2 rings (SSSR count). The number of anilines is 1. The summed E-state index contributed by atoms with van der Waals surface area (Å²) in [6.45, 7) is 4.51. The lowest BCUT2D eigenvalue weighted by molar-refractivity contribution is -0.144. The second-order valence-corrected chi connectivity index (χ2v) is 5.30. The van der Waals surface area contributed by atoms with Gasteiger partial charge in [-0.1, -0.05) is 0 Å². The summed E-state index contributed by atoms with van der Waals surface area (Å²) in [5.41, 5.74) is -0.623. The molecule has 1 aliphatic heterocycles. The normalized spacial score (nSPS) is 18.1. The number of aromatic nitrogens is 2. The third-order valence-corrected chi connectivity index (χ3v) is 3.59. The molecular weight excluding hydrogens is 258 g/mol. The van der Waals surface area contributed by atoms with Gasteiger partial charge in [-0.05, 0) is 26.0 Å². The van der Waals surface area contributed by atoms with Gasteiger partial charge < -0.3 is 15.1 Å². The van der Waals surface area contributed by atoms with E-state index >= 15 is 0 Å². The van der Waals surface area contributed by atoms with Gasteiger partial charge in [0.05, 0.1) is 0 Å². The molecule has 1 aliphatic rings. The van der Waals surface area contributed by atoms with Crippen LogP contribution in [0.3, 0.4) is 0 Å². The highest BCUT2D eigenvalue weighted by molar-refractivity contribution is 5.98. The van der Waals surface area contributed by atoms with Gasteiger partial charge >= 0.3 is 0 Å². The van der Waals surface area contributed by atoms with Crippen molar-refractivity contribution in [1.29, 1.82) is 0 Å². The van der Waals surface area contributed by atoms with E-state index in [0.717, 1.165) is 0 Å². The molecule has 0 saturated carbocycles. The predicted octanol–water partition coefficient (Wildman–Crippen LogP) is 0.211. The minimum atomic E-state index is -0.868. The zero-order valence-electron chi connectivity index (χ0n) is 12.2. The topological polar surface area (TPSA) is 78.4 Å². The molecule has 0 atom stereocenters. The fourth-order valence-electron chi connectivity index (χ4n) is 2.29. The van der Waals surface area contributed by atoms with Gasteiger partial charge in [0.15, 0.2) is 5.69 Å². The van der Waals surface area contributed by atoms with Gasteiger partial charge in [0.2, 0.25) is 5.91 Å². The first-order chi connectivity index (χ1) is 9.37. The molecule has 108 valence electrons. The highest BCUT2D eigenvalue weighted by Crippen LogP contribution is 2.23. The molecule has 0 spiro atoms. The third kappa shape index (κ3) is 2.31. The second-order valence-electron chi connectivity index (χ2n) is 5.30. The Morgan fingerprint density at radius 2 is 2.00 bits per heavy atom. The summed E-state index contributed by atoms with van der Waals surface area (Å²) < 4.78 is 0. The zero-order valence-corrected chi connectivity index (χ0v) is 12.2. The van der Waals surface area contributed by atoms with Crippen molar-refractivity contribution in [3.05, 3.63) is 17.8 Å². The number of nitrogens with zero attached hydrogens (tertiary/aromatic N) is 4. The number of likely N-dealkylation sites (N-methyl/N-ethyl adjacent to an activating group) is 1. The number of hydrogen-bond acceptors (Lipinski definition) is 5. The van der Waals surface area contributed by atoms with Crippen molar-refractivity contribution < 1.29 is 9.59 Å². The number of rotatable bonds is 2. The maximum atomic E-state index is 12.5. The van der Waals surface area contributed by atoms with Crippen molar-refractivity contribution in [2.75, 3.05) is 32.5 Å². The van der Waals surface area contributed by atoms with E-state index in [2.05, 4.69) is 15.5 Å². The number of nitrogens with one attached hydrogen (secondary N) is 1. The third-order valence-electron chi connectivity index (χ3n) is 3.59. The summed E-state index contributed by atoms with van der Waals surface area (Å²) in [4.78, 5) is 27.9. The fraction of sp³-hybridized carbons (Fsp3) is 0.538. The quantitative estimate of drug-likeness (QED) is 0.836. The molecule has 1 N–H and O–H groups in total. The first-order valence-corrected chi connectivity index (χ1v) is 6.47. The van der Waals surface area contributed by atoms with Crippen LogP contribution in [0.5, 0.6) is 0 Å². The van der Waals surface area contributed by atoms with Crippen LogP contribution in [0.4, 0.5) is 5.82 Å². The number of piperazine rings is 1. The largest absolute Gasteiger partial charge is 0.372 e.